The summed E-state index contributed by atoms with van der Waals surface area (Å²) in [6.07, 6.45) is -4.89. The van der Waals surface area contributed by atoms with Gasteiger partial charge in [-0.2, -0.15) is 13.2 Å². The number of hydrogen-bond donors (Lipinski definition) is 1. The third-order valence-electron chi connectivity index (χ3n) is 2.65. The van der Waals surface area contributed by atoms with E-state index in [1.165, 1.54) is 6.07 Å². The minimum Gasteiger partial charge on any atom is -0.325 e. The maximum atomic E-state index is 12.9. The van der Waals surface area contributed by atoms with Gasteiger partial charge in [0.2, 0.25) is 5.82 Å². The minimum absolute atomic E-state index is 0.00849. The van der Waals surface area contributed by atoms with E-state index in [1.807, 2.05) is 0 Å². The Hall–Kier alpha value is -2.16. The van der Waals surface area contributed by atoms with Gasteiger partial charge in [-0.15, -0.1) is 0 Å². The smallest absolute Gasteiger partial charge is 0.325 e. The average molecular weight is 304 g/mol. The summed E-state index contributed by atoms with van der Waals surface area (Å²) in [5.41, 5.74) is 5.33. The Morgan fingerprint density at radius 1 is 1.05 bits per heavy atom. The monoisotopic (exact) mass is 304 g/mol. The molecule has 0 bridgehead atoms. The molecule has 0 aliphatic carbocycles. The predicted octanol–water partition coefficient (Wildman–Crippen LogP) is 2.95. The largest absolute Gasteiger partial charge is 0.451 e. The molecule has 112 valence electrons. The van der Waals surface area contributed by atoms with E-state index in [0.717, 1.165) is 18.6 Å². The molecule has 21 heavy (non-hydrogen) atoms. The average Bonchev–Trinajstić information content (AvgIpc) is 2.45. The molecule has 0 fully saturated rings. The van der Waals surface area contributed by atoms with Crippen molar-refractivity contribution in [1.82, 2.24) is 15.0 Å². The van der Waals surface area contributed by atoms with E-state index in [0.29, 0.717) is 5.69 Å². The van der Waals surface area contributed by atoms with Crippen molar-refractivity contribution in [2.75, 3.05) is 0 Å². The zero-order chi connectivity index (χ0) is 15.6. The Bertz CT molecular complexity index is 625. The molecule has 0 aliphatic rings. The summed E-state index contributed by atoms with van der Waals surface area (Å²) in [6.45, 7) is 0.0119. The van der Waals surface area contributed by atoms with Crippen molar-refractivity contribution in [3.63, 3.8) is 0 Å². The van der Waals surface area contributed by atoms with Gasteiger partial charge in [0.15, 0.2) is 0 Å². The van der Waals surface area contributed by atoms with Crippen molar-refractivity contribution < 1.29 is 22.0 Å². The van der Waals surface area contributed by atoms with Crippen LogP contribution in [0.4, 0.5) is 22.0 Å². The van der Waals surface area contributed by atoms with E-state index < -0.39 is 24.0 Å². The molecule has 0 spiro atoms. The lowest BCUT2D eigenvalue weighted by molar-refractivity contribution is -0.144. The van der Waals surface area contributed by atoms with Crippen molar-refractivity contribution in [3.05, 3.63) is 41.7 Å². The van der Waals surface area contributed by atoms with Gasteiger partial charge in [-0.05, 0) is 11.6 Å². The summed E-state index contributed by atoms with van der Waals surface area (Å²) in [5.74, 6) is -1.34. The number of rotatable bonds is 3. The molecule has 9 heteroatoms. The lowest BCUT2D eigenvalue weighted by atomic mass is 10.0. The second kappa shape index (κ2) is 5.68. The Morgan fingerprint density at radius 2 is 1.67 bits per heavy atom. The van der Waals surface area contributed by atoms with E-state index >= 15 is 0 Å². The van der Waals surface area contributed by atoms with Crippen LogP contribution in [0.25, 0.3) is 11.1 Å². The van der Waals surface area contributed by atoms with E-state index in [-0.39, 0.29) is 17.7 Å². The van der Waals surface area contributed by atoms with Gasteiger partial charge in [-0.1, -0.05) is 0 Å². The number of halogens is 5. The molecule has 0 saturated carbocycles. The molecular weight excluding hydrogens is 295 g/mol. The maximum Gasteiger partial charge on any atom is 0.451 e. The summed E-state index contributed by atoms with van der Waals surface area (Å²) >= 11 is 0. The van der Waals surface area contributed by atoms with Crippen LogP contribution in [-0.2, 0) is 12.7 Å². The van der Waals surface area contributed by atoms with Crippen LogP contribution in [0, 0.1) is 0 Å². The molecule has 0 atom stereocenters. The Labute approximate surface area is 115 Å². The van der Waals surface area contributed by atoms with Crippen LogP contribution in [0.2, 0.25) is 0 Å². The molecule has 2 aromatic rings. The van der Waals surface area contributed by atoms with Crippen LogP contribution < -0.4 is 5.73 Å². The fraction of sp³-hybridized carbons (Fsp3) is 0.250. The minimum atomic E-state index is -4.69. The van der Waals surface area contributed by atoms with Gasteiger partial charge in [-0.25, -0.2) is 18.7 Å². The van der Waals surface area contributed by atoms with Crippen LogP contribution in [0.5, 0.6) is 0 Å². The molecule has 0 aliphatic heterocycles. The highest BCUT2D eigenvalue weighted by molar-refractivity contribution is 5.66. The molecule has 0 radical (unpaired) electrons. The van der Waals surface area contributed by atoms with Crippen molar-refractivity contribution in [2.45, 2.75) is 19.1 Å². The molecule has 2 rings (SSSR count). The standard InChI is InChI=1S/C12H9F5N4/c13-10(14)9-5-19-7(2-18)1-8(9)6-3-20-11(21-4-6)12(15,16)17/h1,3-5,10H,2,18H2. The Kier molecular flexibility index (Phi) is 4.12. The zero-order valence-corrected chi connectivity index (χ0v) is 10.4. The highest BCUT2D eigenvalue weighted by Gasteiger charge is 2.34. The maximum absolute atomic E-state index is 12.9. The highest BCUT2D eigenvalue weighted by atomic mass is 19.4. The van der Waals surface area contributed by atoms with Gasteiger partial charge < -0.3 is 5.73 Å². The second-order valence-electron chi connectivity index (χ2n) is 4.06. The van der Waals surface area contributed by atoms with Gasteiger partial charge >= 0.3 is 6.18 Å². The first-order valence-corrected chi connectivity index (χ1v) is 5.69. The van der Waals surface area contributed by atoms with Crippen LogP contribution >= 0.6 is 0 Å². The SMILES string of the molecule is NCc1cc(-c2cnc(C(F)(F)F)nc2)c(C(F)F)cn1. The Balaban J connectivity index is 2.50. The van der Waals surface area contributed by atoms with Crippen LogP contribution in [0.3, 0.4) is 0 Å². The van der Waals surface area contributed by atoms with E-state index in [2.05, 4.69) is 15.0 Å². The van der Waals surface area contributed by atoms with Crippen molar-refractivity contribution in [3.8, 4) is 11.1 Å². The van der Waals surface area contributed by atoms with Crippen LogP contribution in [0.15, 0.2) is 24.7 Å². The molecule has 0 saturated heterocycles. The first-order chi connectivity index (χ1) is 9.82. The summed E-state index contributed by atoms with van der Waals surface area (Å²) in [5, 5.41) is 0. The second-order valence-corrected chi connectivity index (χ2v) is 4.06. The molecule has 0 amide bonds. The molecule has 0 unspecified atom stereocenters. The first-order valence-electron chi connectivity index (χ1n) is 5.69. The predicted molar refractivity (Wildman–Crippen MR) is 63.1 cm³/mol. The summed E-state index contributed by atoms with van der Waals surface area (Å²) < 4.78 is 63.0. The normalized spacial score (nSPS) is 12.0. The van der Waals surface area contributed by atoms with Gasteiger partial charge in [0, 0.05) is 36.3 Å². The molecule has 2 N–H and O–H groups in total. The van der Waals surface area contributed by atoms with E-state index in [1.54, 1.807) is 0 Å². The van der Waals surface area contributed by atoms with Crippen LogP contribution in [-0.4, -0.2) is 15.0 Å². The third kappa shape index (κ3) is 3.30. The summed E-state index contributed by atoms with van der Waals surface area (Å²) in [4.78, 5) is 10.0. The fourth-order valence-corrected chi connectivity index (χ4v) is 1.66. The highest BCUT2D eigenvalue weighted by Crippen LogP contribution is 2.32. The number of alkyl halides is 5. The van der Waals surface area contributed by atoms with Gasteiger partial charge in [0.1, 0.15) is 0 Å². The topological polar surface area (TPSA) is 64.7 Å². The van der Waals surface area contributed by atoms with E-state index in [9.17, 15) is 22.0 Å². The lowest BCUT2D eigenvalue weighted by Crippen LogP contribution is -2.10. The molecule has 2 heterocycles. The Morgan fingerprint density at radius 3 is 2.14 bits per heavy atom. The van der Waals surface area contributed by atoms with Crippen molar-refractivity contribution in [2.24, 2.45) is 5.73 Å². The van der Waals surface area contributed by atoms with Crippen molar-refractivity contribution in [1.29, 1.82) is 0 Å². The van der Waals surface area contributed by atoms with Crippen molar-refractivity contribution >= 4 is 0 Å². The third-order valence-corrected chi connectivity index (χ3v) is 2.65. The molecule has 2 aromatic heterocycles. The number of aromatic nitrogens is 3. The zero-order valence-electron chi connectivity index (χ0n) is 10.4. The number of nitrogens with zero attached hydrogens (tertiary/aromatic N) is 3. The molecule has 0 aromatic carbocycles. The van der Waals surface area contributed by atoms with Gasteiger partial charge in [-0.3, -0.25) is 4.98 Å². The number of pyridine rings is 1. The van der Waals surface area contributed by atoms with Gasteiger partial charge in [0.05, 0.1) is 5.69 Å². The number of nitrogens with two attached hydrogens (primary N) is 1. The molecule has 4 nitrogen and oxygen atoms in total. The molecular formula is C12H9F5N4. The summed E-state index contributed by atoms with van der Waals surface area (Å²) in [7, 11) is 0. The number of hydrogen-bond acceptors (Lipinski definition) is 4. The first kappa shape index (κ1) is 15.2. The summed E-state index contributed by atoms with van der Waals surface area (Å²) in [6, 6.07) is 1.29. The fourth-order valence-electron chi connectivity index (χ4n) is 1.66. The van der Waals surface area contributed by atoms with Gasteiger partial charge in [0.25, 0.3) is 6.43 Å². The van der Waals surface area contributed by atoms with Crippen LogP contribution in [0.1, 0.15) is 23.5 Å². The lowest BCUT2D eigenvalue weighted by Gasteiger charge is -2.11. The van der Waals surface area contributed by atoms with E-state index in [4.69, 9.17) is 5.73 Å². The quantitative estimate of drug-likeness (QED) is 0.885.